The molecule has 28 heavy (non-hydrogen) atoms. The Bertz CT molecular complexity index is 1060. The second-order valence-corrected chi connectivity index (χ2v) is 6.57. The van der Waals surface area contributed by atoms with Gasteiger partial charge in [-0.3, -0.25) is 0 Å². The van der Waals surface area contributed by atoms with Crippen LogP contribution < -0.4 is 19.6 Å². The lowest BCUT2D eigenvalue weighted by Gasteiger charge is -2.18. The summed E-state index contributed by atoms with van der Waals surface area (Å²) >= 11 is 0. The van der Waals surface area contributed by atoms with Crippen molar-refractivity contribution in [3.63, 3.8) is 0 Å². The topological polar surface area (TPSA) is 72.3 Å². The van der Waals surface area contributed by atoms with E-state index in [0.717, 1.165) is 27.8 Å². The third-order valence-corrected chi connectivity index (χ3v) is 5.05. The van der Waals surface area contributed by atoms with Gasteiger partial charge in [-0.15, -0.1) is 0 Å². The minimum Gasteiger partial charge on any atom is -0.507 e. The molecule has 1 unspecified atom stereocenters. The molecule has 0 spiro atoms. The number of phenolic OH excluding ortho intramolecular Hbond substituents is 1. The average molecular weight is 378 g/mol. The van der Waals surface area contributed by atoms with Crippen molar-refractivity contribution in [3.05, 3.63) is 59.7 Å². The lowest BCUT2D eigenvalue weighted by atomic mass is 9.93. The van der Waals surface area contributed by atoms with Gasteiger partial charge >= 0.3 is 0 Å². The summed E-state index contributed by atoms with van der Waals surface area (Å²) in [4.78, 5) is 0. The molecule has 0 saturated heterocycles. The maximum Gasteiger partial charge on any atom is 0.135 e. The highest BCUT2D eigenvalue weighted by molar-refractivity contribution is 6.07. The van der Waals surface area contributed by atoms with E-state index in [-0.39, 0.29) is 11.8 Å². The lowest BCUT2D eigenvalue weighted by molar-refractivity contribution is 0.384. The van der Waals surface area contributed by atoms with E-state index in [4.69, 9.17) is 14.2 Å². The highest BCUT2D eigenvalue weighted by Crippen LogP contribution is 2.40. The van der Waals surface area contributed by atoms with Crippen LogP contribution in [-0.2, 0) is 0 Å². The average Bonchev–Trinajstić information content (AvgIpc) is 3.21. The molecule has 0 aliphatic carbocycles. The van der Waals surface area contributed by atoms with Gasteiger partial charge in [0.05, 0.1) is 38.6 Å². The SMILES string of the molecule is COc1cc(O)c(C2=NNC(c3c(OC)ccc4ccccc34)C2)c(OC)c1. The number of fused-ring (bicyclic) bond motifs is 1. The van der Waals surface area contributed by atoms with Crippen LogP contribution in [0.15, 0.2) is 53.6 Å². The number of phenols is 1. The van der Waals surface area contributed by atoms with Crippen molar-refractivity contribution in [2.45, 2.75) is 12.5 Å². The lowest BCUT2D eigenvalue weighted by Crippen LogP contribution is -2.12. The molecule has 0 fully saturated rings. The first-order valence-corrected chi connectivity index (χ1v) is 8.99. The normalized spacial score (nSPS) is 15.8. The van der Waals surface area contributed by atoms with Gasteiger partial charge in [0, 0.05) is 24.1 Å². The Hall–Kier alpha value is -3.41. The molecule has 144 valence electrons. The monoisotopic (exact) mass is 378 g/mol. The highest BCUT2D eigenvalue weighted by Gasteiger charge is 2.29. The van der Waals surface area contributed by atoms with Crippen LogP contribution in [0.3, 0.4) is 0 Å². The number of rotatable bonds is 5. The van der Waals surface area contributed by atoms with Crippen LogP contribution in [0.4, 0.5) is 0 Å². The first kappa shape index (κ1) is 18.0. The van der Waals surface area contributed by atoms with Gasteiger partial charge in [0.1, 0.15) is 23.0 Å². The largest absolute Gasteiger partial charge is 0.507 e. The van der Waals surface area contributed by atoms with Gasteiger partial charge in [-0.25, -0.2) is 0 Å². The minimum absolute atomic E-state index is 0.0716. The van der Waals surface area contributed by atoms with Gasteiger partial charge in [0.15, 0.2) is 0 Å². The molecule has 1 aliphatic heterocycles. The number of nitrogens with one attached hydrogen (secondary N) is 1. The Morgan fingerprint density at radius 3 is 2.50 bits per heavy atom. The molecule has 0 aromatic heterocycles. The minimum atomic E-state index is -0.0812. The van der Waals surface area contributed by atoms with Crippen molar-refractivity contribution in [1.29, 1.82) is 0 Å². The van der Waals surface area contributed by atoms with Gasteiger partial charge in [-0.2, -0.15) is 5.10 Å². The molecular formula is C22H22N2O4. The molecule has 0 amide bonds. The number of nitrogens with zero attached hydrogens (tertiary/aromatic N) is 1. The van der Waals surface area contributed by atoms with Crippen LogP contribution in [0.5, 0.6) is 23.0 Å². The molecular weight excluding hydrogens is 356 g/mol. The van der Waals surface area contributed by atoms with Crippen molar-refractivity contribution in [3.8, 4) is 23.0 Å². The molecule has 0 radical (unpaired) electrons. The van der Waals surface area contributed by atoms with E-state index in [1.165, 1.54) is 0 Å². The third kappa shape index (κ3) is 2.97. The molecule has 0 bridgehead atoms. The number of hydrogen-bond donors (Lipinski definition) is 2. The molecule has 1 aliphatic rings. The van der Waals surface area contributed by atoms with E-state index < -0.39 is 0 Å². The van der Waals surface area contributed by atoms with Gasteiger partial charge in [-0.05, 0) is 16.8 Å². The Balaban J connectivity index is 1.74. The summed E-state index contributed by atoms with van der Waals surface area (Å²) in [7, 11) is 4.78. The molecule has 6 heteroatoms. The second-order valence-electron chi connectivity index (χ2n) is 6.57. The summed E-state index contributed by atoms with van der Waals surface area (Å²) in [6.45, 7) is 0. The first-order chi connectivity index (χ1) is 13.7. The second kappa shape index (κ2) is 7.31. The van der Waals surface area contributed by atoms with Crippen LogP contribution in [-0.4, -0.2) is 32.1 Å². The number of hydrogen-bond acceptors (Lipinski definition) is 6. The fourth-order valence-electron chi connectivity index (χ4n) is 3.72. The van der Waals surface area contributed by atoms with Gasteiger partial charge in [-0.1, -0.05) is 30.3 Å². The van der Waals surface area contributed by atoms with Gasteiger partial charge in [0.25, 0.3) is 0 Å². The Morgan fingerprint density at radius 1 is 0.964 bits per heavy atom. The zero-order valence-corrected chi connectivity index (χ0v) is 16.0. The maximum atomic E-state index is 10.5. The summed E-state index contributed by atoms with van der Waals surface area (Å²) in [5.41, 5.74) is 5.54. The third-order valence-electron chi connectivity index (χ3n) is 5.05. The summed E-state index contributed by atoms with van der Waals surface area (Å²) in [6.07, 6.45) is 0.584. The van der Waals surface area contributed by atoms with Crippen LogP contribution >= 0.6 is 0 Å². The number of hydrazone groups is 1. The summed E-state index contributed by atoms with van der Waals surface area (Å²) in [5, 5.41) is 17.3. The Morgan fingerprint density at radius 2 is 1.75 bits per heavy atom. The van der Waals surface area contributed by atoms with Crippen molar-refractivity contribution >= 4 is 16.5 Å². The molecule has 0 saturated carbocycles. The number of aromatic hydroxyl groups is 1. The summed E-state index contributed by atoms with van der Waals surface area (Å²) in [5.74, 6) is 1.92. The first-order valence-electron chi connectivity index (χ1n) is 8.99. The van der Waals surface area contributed by atoms with Crippen molar-refractivity contribution in [2.24, 2.45) is 5.10 Å². The number of methoxy groups -OCH3 is 3. The summed E-state index contributed by atoms with van der Waals surface area (Å²) in [6, 6.07) is 15.4. The van der Waals surface area contributed by atoms with Gasteiger partial charge in [0.2, 0.25) is 0 Å². The Kier molecular flexibility index (Phi) is 4.69. The van der Waals surface area contributed by atoms with E-state index in [2.05, 4.69) is 22.7 Å². The molecule has 3 aromatic rings. The van der Waals surface area contributed by atoms with Crippen molar-refractivity contribution in [1.82, 2.24) is 5.43 Å². The highest BCUT2D eigenvalue weighted by atomic mass is 16.5. The molecule has 2 N–H and O–H groups in total. The number of ether oxygens (including phenoxy) is 3. The van der Waals surface area contributed by atoms with E-state index in [1.54, 1.807) is 33.5 Å². The standard InChI is InChI=1S/C22H22N2O4/c1-26-14-10-18(25)22(20(11-14)28-3)17-12-16(23-24-17)21-15-7-5-4-6-13(15)8-9-19(21)27-2/h4-11,16,23,25H,12H2,1-3H3. The molecule has 1 atom stereocenters. The number of benzene rings is 3. The Labute approximate surface area is 163 Å². The zero-order chi connectivity index (χ0) is 19.7. The predicted octanol–water partition coefficient (Wildman–Crippen LogP) is 4.01. The fraction of sp³-hybridized carbons (Fsp3) is 0.227. The summed E-state index contributed by atoms with van der Waals surface area (Å²) < 4.78 is 16.3. The quantitative estimate of drug-likeness (QED) is 0.702. The fourth-order valence-corrected chi connectivity index (χ4v) is 3.72. The van der Waals surface area contributed by atoms with E-state index in [1.807, 2.05) is 24.3 Å². The van der Waals surface area contributed by atoms with E-state index in [9.17, 15) is 5.11 Å². The van der Waals surface area contributed by atoms with Gasteiger partial charge < -0.3 is 24.7 Å². The van der Waals surface area contributed by atoms with Crippen LogP contribution in [0, 0.1) is 0 Å². The molecule has 1 heterocycles. The molecule has 3 aromatic carbocycles. The molecule has 6 nitrogen and oxygen atoms in total. The predicted molar refractivity (Wildman–Crippen MR) is 109 cm³/mol. The smallest absolute Gasteiger partial charge is 0.135 e. The van der Waals surface area contributed by atoms with Crippen LogP contribution in [0.25, 0.3) is 10.8 Å². The van der Waals surface area contributed by atoms with E-state index >= 15 is 0 Å². The van der Waals surface area contributed by atoms with Crippen molar-refractivity contribution in [2.75, 3.05) is 21.3 Å². The van der Waals surface area contributed by atoms with Crippen molar-refractivity contribution < 1.29 is 19.3 Å². The maximum absolute atomic E-state index is 10.5. The zero-order valence-electron chi connectivity index (χ0n) is 16.0. The van der Waals surface area contributed by atoms with E-state index in [0.29, 0.717) is 23.5 Å². The van der Waals surface area contributed by atoms with Crippen LogP contribution in [0.2, 0.25) is 0 Å². The molecule has 4 rings (SSSR count). The van der Waals surface area contributed by atoms with Crippen LogP contribution in [0.1, 0.15) is 23.6 Å².